The van der Waals surface area contributed by atoms with Crippen LogP contribution in [0.25, 0.3) is 0 Å². The number of rotatable bonds is 13. The number of anilines is 1. The lowest BCUT2D eigenvalue weighted by atomic mass is 10.1. The van der Waals surface area contributed by atoms with Gasteiger partial charge < -0.3 is 24.7 Å². The van der Waals surface area contributed by atoms with E-state index in [1.165, 1.54) is 12.2 Å². The molecule has 0 fully saturated rings. The second-order valence-electron chi connectivity index (χ2n) is 7.00. The minimum absolute atomic E-state index is 0.295. The summed E-state index contributed by atoms with van der Waals surface area (Å²) in [7, 11) is 4.91. The normalized spacial score (nSPS) is 10.9. The summed E-state index contributed by atoms with van der Waals surface area (Å²) in [6, 6.07) is 12.9. The van der Waals surface area contributed by atoms with Gasteiger partial charge in [0.2, 0.25) is 0 Å². The number of allylic oxidation sites excluding steroid dienone is 3. The fraction of sp³-hybridized carbons (Fsp3) is 0.259. The first-order valence-electron chi connectivity index (χ1n) is 10.9. The summed E-state index contributed by atoms with van der Waals surface area (Å²) < 4.78 is 21.1. The third kappa shape index (κ3) is 10.2. The molecule has 0 amide bonds. The highest BCUT2D eigenvalue weighted by molar-refractivity contribution is 7.99. The number of nitrogen functional groups attached to an aromatic ring is 1. The Morgan fingerprint density at radius 3 is 2.31 bits per heavy atom. The van der Waals surface area contributed by atoms with Crippen LogP contribution >= 0.6 is 11.8 Å². The molecule has 0 saturated carbocycles. The van der Waals surface area contributed by atoms with Gasteiger partial charge >= 0.3 is 0 Å². The average Bonchev–Trinajstić information content (AvgIpc) is 2.90. The Kier molecular flexibility index (Phi) is 14.0. The zero-order chi connectivity index (χ0) is 26.9. The van der Waals surface area contributed by atoms with Gasteiger partial charge in [0.05, 0.1) is 26.0 Å². The fourth-order valence-corrected chi connectivity index (χ4v) is 3.34. The van der Waals surface area contributed by atoms with Crippen molar-refractivity contribution < 1.29 is 23.7 Å². The first-order chi connectivity index (χ1) is 17.3. The van der Waals surface area contributed by atoms with E-state index >= 15 is 0 Å². The van der Waals surface area contributed by atoms with Crippen LogP contribution in [0.4, 0.5) is 5.69 Å². The molecule has 3 N–H and O–H groups in total. The molecule has 1 atom stereocenters. The van der Waals surface area contributed by atoms with E-state index in [1.54, 1.807) is 45.2 Å². The Morgan fingerprint density at radius 2 is 1.78 bits per heavy atom. The van der Waals surface area contributed by atoms with Crippen molar-refractivity contribution in [2.24, 2.45) is 0 Å². The lowest BCUT2D eigenvalue weighted by molar-refractivity contribution is -0.115. The Balaban J connectivity index is 0.000000381. The largest absolute Gasteiger partial charge is 0.493 e. The molecule has 0 aliphatic rings. The molecule has 8 nitrogen and oxygen atoms in total. The van der Waals surface area contributed by atoms with Crippen LogP contribution < -0.4 is 25.3 Å². The number of nitrogens with two attached hydrogens (primary N) is 1. The topological polar surface area (TPSA) is 116 Å². The molecule has 2 rings (SSSR count). The number of hydrogen-bond acceptors (Lipinski definition) is 9. The summed E-state index contributed by atoms with van der Waals surface area (Å²) in [4.78, 5) is 12.3. The van der Waals surface area contributed by atoms with Crippen molar-refractivity contribution in [2.75, 3.05) is 39.5 Å². The number of methoxy groups -OCH3 is 2. The maximum Gasteiger partial charge on any atom is 0.179 e. The Bertz CT molecular complexity index is 1080. The van der Waals surface area contributed by atoms with E-state index in [-0.39, 0.29) is 0 Å². The minimum atomic E-state index is -0.710. The van der Waals surface area contributed by atoms with Gasteiger partial charge in [-0.05, 0) is 42.6 Å². The second kappa shape index (κ2) is 16.7. The van der Waals surface area contributed by atoms with Crippen molar-refractivity contribution in [1.82, 2.24) is 5.32 Å². The number of hydrogen-bond donors (Lipinski definition) is 2. The van der Waals surface area contributed by atoms with Gasteiger partial charge in [-0.1, -0.05) is 32.2 Å². The summed E-state index contributed by atoms with van der Waals surface area (Å²) >= 11 is 1.73. The highest BCUT2D eigenvalue weighted by Gasteiger charge is 2.12. The molecule has 0 radical (unpaired) electrons. The molecule has 0 aliphatic heterocycles. The summed E-state index contributed by atoms with van der Waals surface area (Å²) in [5.74, 6) is 3.05. The zero-order valence-electron chi connectivity index (χ0n) is 21.1. The van der Waals surface area contributed by atoms with Crippen LogP contribution in [0.1, 0.15) is 18.6 Å². The van der Waals surface area contributed by atoms with Crippen molar-refractivity contribution in [2.45, 2.75) is 17.9 Å². The Morgan fingerprint density at radius 1 is 1.14 bits per heavy atom. The SMILES string of the molecule is C=C(C#N)/C=C\C(=C)OC(C=O)c1ccc(SCC)cc1.CNCOc1cc(OC)c(OC)cc1N. The second-order valence-corrected chi connectivity index (χ2v) is 8.34. The number of benzene rings is 2. The maximum absolute atomic E-state index is 11.2. The van der Waals surface area contributed by atoms with E-state index in [1.807, 2.05) is 30.3 Å². The predicted octanol–water partition coefficient (Wildman–Crippen LogP) is 5.05. The zero-order valence-corrected chi connectivity index (χ0v) is 21.9. The van der Waals surface area contributed by atoms with Crippen molar-refractivity contribution in [3.8, 4) is 23.3 Å². The lowest BCUT2D eigenvalue weighted by Gasteiger charge is -2.14. The third-order valence-electron chi connectivity index (χ3n) is 4.42. The van der Waals surface area contributed by atoms with E-state index in [0.717, 1.165) is 22.5 Å². The number of nitrogens with one attached hydrogen (secondary N) is 1. The van der Waals surface area contributed by atoms with E-state index < -0.39 is 6.10 Å². The van der Waals surface area contributed by atoms with Gasteiger partial charge in [-0.15, -0.1) is 11.8 Å². The van der Waals surface area contributed by atoms with E-state index in [2.05, 4.69) is 25.4 Å². The molecular formula is C27H33N3O5S. The molecule has 0 saturated heterocycles. The highest BCUT2D eigenvalue weighted by atomic mass is 32.2. The number of nitriles is 1. The molecule has 0 bridgehead atoms. The van der Waals surface area contributed by atoms with Gasteiger partial charge in [-0.2, -0.15) is 5.26 Å². The van der Waals surface area contributed by atoms with Crippen LogP contribution in [0.2, 0.25) is 0 Å². The standard InChI is InChI=1S/C17H17NO2S.C10H16N2O3/c1-4-21-16-9-7-15(8-10-16)17(12-19)20-14(3)6-5-13(2)11-18;1-12-6-15-8-5-10(14-3)9(13-2)4-7(8)11/h5-10,12,17H,2-4H2,1H3;4-5,12H,6,11H2,1-3H3/b6-5-;. The predicted molar refractivity (Wildman–Crippen MR) is 144 cm³/mol. The van der Waals surface area contributed by atoms with Gasteiger partial charge in [0.1, 0.15) is 18.2 Å². The van der Waals surface area contributed by atoms with Crippen LogP contribution in [-0.4, -0.2) is 40.0 Å². The van der Waals surface area contributed by atoms with Gasteiger partial charge in [0.25, 0.3) is 0 Å². The van der Waals surface area contributed by atoms with E-state index in [4.69, 9.17) is 29.9 Å². The van der Waals surface area contributed by atoms with Crippen LogP contribution in [0.3, 0.4) is 0 Å². The lowest BCUT2D eigenvalue weighted by Crippen LogP contribution is -2.14. The third-order valence-corrected chi connectivity index (χ3v) is 5.32. The van der Waals surface area contributed by atoms with Crippen LogP contribution in [0.15, 0.2) is 77.9 Å². The Labute approximate surface area is 217 Å². The molecule has 9 heteroatoms. The van der Waals surface area contributed by atoms with Crippen molar-refractivity contribution in [3.63, 3.8) is 0 Å². The van der Waals surface area contributed by atoms with Crippen molar-refractivity contribution in [1.29, 1.82) is 5.26 Å². The molecule has 0 heterocycles. The molecular weight excluding hydrogens is 478 g/mol. The van der Waals surface area contributed by atoms with Gasteiger partial charge in [-0.3, -0.25) is 10.1 Å². The Hall–Kier alpha value is -3.87. The summed E-state index contributed by atoms with van der Waals surface area (Å²) in [6.45, 7) is 9.69. The number of ether oxygens (including phenoxy) is 4. The maximum atomic E-state index is 11.2. The molecule has 0 aliphatic carbocycles. The first-order valence-corrected chi connectivity index (χ1v) is 11.9. The number of nitrogens with zero attached hydrogens (tertiary/aromatic N) is 1. The summed E-state index contributed by atoms with van der Waals surface area (Å²) in [5, 5.41) is 11.5. The highest BCUT2D eigenvalue weighted by Crippen LogP contribution is 2.36. The fourth-order valence-electron chi connectivity index (χ4n) is 2.68. The molecule has 192 valence electrons. The first kappa shape index (κ1) is 30.2. The van der Waals surface area contributed by atoms with Gasteiger partial charge in [0.15, 0.2) is 23.9 Å². The van der Waals surface area contributed by atoms with E-state index in [9.17, 15) is 4.79 Å². The molecule has 36 heavy (non-hydrogen) atoms. The summed E-state index contributed by atoms with van der Waals surface area (Å²) in [5.41, 5.74) is 7.35. The molecule has 0 spiro atoms. The van der Waals surface area contributed by atoms with Crippen LogP contribution in [0, 0.1) is 11.3 Å². The minimum Gasteiger partial charge on any atom is -0.493 e. The van der Waals surface area contributed by atoms with Crippen LogP contribution in [0.5, 0.6) is 17.2 Å². The molecule has 2 aromatic carbocycles. The number of thioether (sulfide) groups is 1. The molecule has 2 aromatic rings. The summed E-state index contributed by atoms with van der Waals surface area (Å²) in [6.07, 6.45) is 3.02. The van der Waals surface area contributed by atoms with Crippen LogP contribution in [-0.2, 0) is 9.53 Å². The number of carbonyl (C=O) groups excluding carboxylic acids is 1. The van der Waals surface area contributed by atoms with Crippen molar-refractivity contribution >= 4 is 23.7 Å². The molecule has 1 unspecified atom stereocenters. The quantitative estimate of drug-likeness (QED) is 0.0725. The number of aldehydes is 1. The average molecular weight is 512 g/mol. The monoisotopic (exact) mass is 511 g/mol. The smallest absolute Gasteiger partial charge is 0.179 e. The number of carbonyl (C=O) groups is 1. The van der Waals surface area contributed by atoms with Gasteiger partial charge in [-0.25, -0.2) is 0 Å². The van der Waals surface area contributed by atoms with Gasteiger partial charge in [0, 0.05) is 22.6 Å². The van der Waals surface area contributed by atoms with Crippen molar-refractivity contribution in [3.05, 3.63) is 78.6 Å². The molecule has 0 aromatic heterocycles. The van der Waals surface area contributed by atoms with E-state index in [0.29, 0.717) is 41.0 Å².